The molecule has 2 N–H and O–H groups in total. The van der Waals surface area contributed by atoms with Gasteiger partial charge >= 0.3 is 0 Å². The highest BCUT2D eigenvalue weighted by Crippen LogP contribution is 2.19. The van der Waals surface area contributed by atoms with Crippen LogP contribution in [0.1, 0.15) is 48.0 Å². The summed E-state index contributed by atoms with van der Waals surface area (Å²) in [5.41, 5.74) is 1.09. The quantitative estimate of drug-likeness (QED) is 0.825. The average Bonchev–Trinajstić information content (AvgIpc) is 3.07. The zero-order chi connectivity index (χ0) is 18.5. The largest absolute Gasteiger partial charge is 0.456 e. The Morgan fingerprint density at radius 3 is 2.85 bits per heavy atom. The van der Waals surface area contributed by atoms with Gasteiger partial charge in [-0.25, -0.2) is 9.97 Å². The first-order valence-corrected chi connectivity index (χ1v) is 9.17. The van der Waals surface area contributed by atoms with E-state index in [4.69, 9.17) is 9.15 Å². The molecule has 3 heterocycles. The molecule has 1 saturated heterocycles. The van der Waals surface area contributed by atoms with Gasteiger partial charge in [-0.05, 0) is 37.5 Å². The summed E-state index contributed by atoms with van der Waals surface area (Å²) in [7, 11) is 0. The van der Waals surface area contributed by atoms with E-state index in [1.165, 1.54) is 0 Å². The predicted molar refractivity (Wildman–Crippen MR) is 98.3 cm³/mol. The van der Waals surface area contributed by atoms with Crippen molar-refractivity contribution in [1.29, 1.82) is 0 Å². The van der Waals surface area contributed by atoms with E-state index in [9.17, 15) is 4.79 Å². The van der Waals surface area contributed by atoms with Gasteiger partial charge in [0.15, 0.2) is 5.76 Å². The molecule has 3 rings (SSSR count). The van der Waals surface area contributed by atoms with Gasteiger partial charge in [0.05, 0.1) is 18.7 Å². The van der Waals surface area contributed by atoms with E-state index in [2.05, 4.69) is 27.5 Å². The topological polar surface area (TPSA) is 89.3 Å². The minimum atomic E-state index is -0.183. The third-order valence-corrected chi connectivity index (χ3v) is 4.60. The highest BCUT2D eigenvalue weighted by atomic mass is 16.5. The van der Waals surface area contributed by atoms with Crippen molar-refractivity contribution >= 4 is 11.7 Å². The second-order valence-corrected chi connectivity index (χ2v) is 6.45. The van der Waals surface area contributed by atoms with Gasteiger partial charge in [-0.3, -0.25) is 4.79 Å². The van der Waals surface area contributed by atoms with Gasteiger partial charge in [0, 0.05) is 19.2 Å². The summed E-state index contributed by atoms with van der Waals surface area (Å²) in [5, 5.41) is 6.44. The van der Waals surface area contributed by atoms with Crippen LogP contribution in [0.15, 0.2) is 22.7 Å². The van der Waals surface area contributed by atoms with Crippen molar-refractivity contribution in [2.24, 2.45) is 0 Å². The SMILES string of the molecule is CCc1cc(C(=O)N[C@H]2CCOC[C@H]2Nc2ccnc(C)n2)oc1CC. The smallest absolute Gasteiger partial charge is 0.287 e. The summed E-state index contributed by atoms with van der Waals surface area (Å²) in [4.78, 5) is 21.1. The van der Waals surface area contributed by atoms with Crippen molar-refractivity contribution in [1.82, 2.24) is 15.3 Å². The van der Waals surface area contributed by atoms with Crippen molar-refractivity contribution in [3.63, 3.8) is 0 Å². The second kappa shape index (κ2) is 8.31. The zero-order valence-corrected chi connectivity index (χ0v) is 15.5. The van der Waals surface area contributed by atoms with E-state index in [0.717, 1.165) is 36.4 Å². The van der Waals surface area contributed by atoms with Gasteiger partial charge in [-0.1, -0.05) is 13.8 Å². The number of carbonyl (C=O) groups excluding carboxylic acids is 1. The van der Waals surface area contributed by atoms with Crippen LogP contribution in [0.2, 0.25) is 0 Å². The van der Waals surface area contributed by atoms with Gasteiger partial charge in [0.25, 0.3) is 5.91 Å². The monoisotopic (exact) mass is 358 g/mol. The fourth-order valence-corrected chi connectivity index (χ4v) is 3.20. The van der Waals surface area contributed by atoms with Crippen LogP contribution in [0, 0.1) is 6.92 Å². The van der Waals surface area contributed by atoms with Crippen LogP contribution < -0.4 is 10.6 Å². The molecule has 0 unspecified atom stereocenters. The number of amides is 1. The lowest BCUT2D eigenvalue weighted by Gasteiger charge is -2.32. The first-order chi connectivity index (χ1) is 12.6. The molecule has 0 radical (unpaired) electrons. The normalized spacial score (nSPS) is 20.0. The maximum Gasteiger partial charge on any atom is 0.287 e. The summed E-state index contributed by atoms with van der Waals surface area (Å²) in [6.45, 7) is 7.06. The number of aromatic nitrogens is 2. The van der Waals surface area contributed by atoms with Crippen LogP contribution in [-0.4, -0.2) is 41.2 Å². The summed E-state index contributed by atoms with van der Waals surface area (Å²) in [5.74, 6) is 2.50. The van der Waals surface area contributed by atoms with Crippen molar-refractivity contribution in [3.05, 3.63) is 41.2 Å². The van der Waals surface area contributed by atoms with Crippen LogP contribution in [0.5, 0.6) is 0 Å². The van der Waals surface area contributed by atoms with E-state index in [0.29, 0.717) is 24.8 Å². The number of ether oxygens (including phenoxy) is 1. The van der Waals surface area contributed by atoms with Gasteiger partial charge in [-0.15, -0.1) is 0 Å². The van der Waals surface area contributed by atoms with Crippen LogP contribution >= 0.6 is 0 Å². The fourth-order valence-electron chi connectivity index (χ4n) is 3.20. The molecule has 0 aliphatic carbocycles. The predicted octanol–water partition coefficient (Wildman–Crippen LogP) is 2.50. The van der Waals surface area contributed by atoms with Crippen molar-refractivity contribution in [2.75, 3.05) is 18.5 Å². The van der Waals surface area contributed by atoms with Gasteiger partial charge in [-0.2, -0.15) is 0 Å². The Hall–Kier alpha value is -2.41. The Morgan fingerprint density at radius 2 is 2.15 bits per heavy atom. The molecule has 0 bridgehead atoms. The fraction of sp³-hybridized carbons (Fsp3) is 0.526. The van der Waals surface area contributed by atoms with Crippen molar-refractivity contribution < 1.29 is 13.9 Å². The molecule has 0 spiro atoms. The minimum absolute atomic E-state index is 0.0618. The molecule has 2 aromatic heterocycles. The van der Waals surface area contributed by atoms with E-state index in [-0.39, 0.29) is 18.0 Å². The molecule has 1 aliphatic heterocycles. The Kier molecular flexibility index (Phi) is 5.88. The minimum Gasteiger partial charge on any atom is -0.456 e. The van der Waals surface area contributed by atoms with Crippen LogP contribution in [-0.2, 0) is 17.6 Å². The van der Waals surface area contributed by atoms with Crippen molar-refractivity contribution in [3.8, 4) is 0 Å². The summed E-state index contributed by atoms with van der Waals surface area (Å²) in [6, 6.07) is 3.54. The second-order valence-electron chi connectivity index (χ2n) is 6.45. The third-order valence-electron chi connectivity index (χ3n) is 4.60. The highest BCUT2D eigenvalue weighted by Gasteiger charge is 2.29. The lowest BCUT2D eigenvalue weighted by Crippen LogP contribution is -2.52. The number of furan rings is 1. The molecular formula is C19H26N4O3. The average molecular weight is 358 g/mol. The van der Waals surface area contributed by atoms with Crippen LogP contribution in [0.25, 0.3) is 0 Å². The Bertz CT molecular complexity index is 737. The Balaban J connectivity index is 1.69. The van der Waals surface area contributed by atoms with Crippen molar-refractivity contribution in [2.45, 2.75) is 52.1 Å². The zero-order valence-electron chi connectivity index (χ0n) is 15.5. The molecule has 2 aromatic rings. The first kappa shape index (κ1) is 18.4. The number of rotatable bonds is 6. The molecule has 1 aliphatic rings. The number of anilines is 1. The first-order valence-electron chi connectivity index (χ1n) is 9.17. The maximum absolute atomic E-state index is 12.7. The summed E-state index contributed by atoms with van der Waals surface area (Å²) in [6.07, 6.45) is 4.08. The van der Waals surface area contributed by atoms with Gasteiger partial charge in [0.1, 0.15) is 17.4 Å². The van der Waals surface area contributed by atoms with E-state index < -0.39 is 0 Å². The van der Waals surface area contributed by atoms with Gasteiger partial charge in [0.2, 0.25) is 0 Å². The standard InChI is InChI=1S/C19H26N4O3/c1-4-13-10-17(26-16(13)5-2)19(24)23-14-7-9-25-11-15(14)22-18-6-8-20-12(3)21-18/h6,8,10,14-15H,4-5,7,9,11H2,1-3H3,(H,23,24)(H,20,21,22)/t14-,15+/m0/s1. The molecular weight excluding hydrogens is 332 g/mol. The molecule has 7 heteroatoms. The highest BCUT2D eigenvalue weighted by molar-refractivity contribution is 5.92. The van der Waals surface area contributed by atoms with E-state index >= 15 is 0 Å². The van der Waals surface area contributed by atoms with E-state index in [1.54, 1.807) is 6.20 Å². The number of hydrogen-bond acceptors (Lipinski definition) is 6. The molecule has 0 aromatic carbocycles. The summed E-state index contributed by atoms with van der Waals surface area (Å²) < 4.78 is 11.3. The molecule has 0 saturated carbocycles. The van der Waals surface area contributed by atoms with Crippen LogP contribution in [0.4, 0.5) is 5.82 Å². The number of nitrogens with one attached hydrogen (secondary N) is 2. The lowest BCUT2D eigenvalue weighted by molar-refractivity contribution is 0.0609. The molecule has 1 fully saturated rings. The molecule has 140 valence electrons. The summed E-state index contributed by atoms with van der Waals surface area (Å²) >= 11 is 0. The van der Waals surface area contributed by atoms with Gasteiger partial charge < -0.3 is 19.8 Å². The molecule has 1 amide bonds. The molecule has 26 heavy (non-hydrogen) atoms. The Morgan fingerprint density at radius 1 is 1.31 bits per heavy atom. The Labute approximate surface area is 153 Å². The number of carbonyl (C=O) groups is 1. The van der Waals surface area contributed by atoms with Crippen LogP contribution in [0.3, 0.4) is 0 Å². The number of nitrogens with zero attached hydrogens (tertiary/aromatic N) is 2. The lowest BCUT2D eigenvalue weighted by atomic mass is 10.0. The van der Waals surface area contributed by atoms with E-state index in [1.807, 2.05) is 26.0 Å². The molecule has 7 nitrogen and oxygen atoms in total. The maximum atomic E-state index is 12.7. The molecule has 2 atom stereocenters. The number of hydrogen-bond donors (Lipinski definition) is 2. The number of aryl methyl sites for hydroxylation is 3. The third kappa shape index (κ3) is 4.22.